The van der Waals surface area contributed by atoms with Crippen LogP contribution in [0, 0.1) is 0 Å². The van der Waals surface area contributed by atoms with Gasteiger partial charge in [0.05, 0.1) is 11.3 Å². The molecular formula is C17H26F3N5O4S. The Morgan fingerprint density at radius 3 is 2.20 bits per heavy atom. The Kier molecular flexibility index (Phi) is 7.50. The first-order chi connectivity index (χ1) is 13.8. The summed E-state index contributed by atoms with van der Waals surface area (Å²) in [6.07, 6.45) is -3.47. The molecule has 0 unspecified atom stereocenters. The molecule has 1 saturated heterocycles. The minimum Gasteiger partial charge on any atom is -0.444 e. The number of amides is 1. The molecule has 0 spiro atoms. The predicted octanol–water partition coefficient (Wildman–Crippen LogP) is 1.86. The number of nitrogens with one attached hydrogen (secondary N) is 1. The predicted molar refractivity (Wildman–Crippen MR) is 103 cm³/mol. The number of halogens is 3. The van der Waals surface area contributed by atoms with E-state index in [9.17, 15) is 26.4 Å². The van der Waals surface area contributed by atoms with Gasteiger partial charge in [-0.1, -0.05) is 0 Å². The van der Waals surface area contributed by atoms with Gasteiger partial charge in [-0.25, -0.2) is 23.2 Å². The van der Waals surface area contributed by atoms with Crippen LogP contribution in [-0.2, 0) is 20.9 Å². The third-order valence-electron chi connectivity index (χ3n) is 4.13. The quantitative estimate of drug-likeness (QED) is 0.656. The maximum atomic E-state index is 12.6. The zero-order valence-corrected chi connectivity index (χ0v) is 17.9. The molecule has 0 aliphatic carbocycles. The molecule has 170 valence electrons. The fourth-order valence-electron chi connectivity index (χ4n) is 2.69. The third kappa shape index (κ3) is 7.27. The molecule has 2 rings (SSSR count). The monoisotopic (exact) mass is 453 g/mol. The van der Waals surface area contributed by atoms with Crippen molar-refractivity contribution in [2.45, 2.75) is 39.0 Å². The molecule has 1 aromatic rings. The number of piperazine rings is 1. The van der Waals surface area contributed by atoms with Crippen LogP contribution in [-0.4, -0.2) is 72.9 Å². The Morgan fingerprint density at radius 1 is 1.13 bits per heavy atom. The summed E-state index contributed by atoms with van der Waals surface area (Å²) in [6, 6.07) is 0. The van der Waals surface area contributed by atoms with E-state index in [0.29, 0.717) is 12.4 Å². The summed E-state index contributed by atoms with van der Waals surface area (Å²) in [5, 5.41) is 2.51. The average molecular weight is 453 g/mol. The molecule has 1 aliphatic heterocycles. The second-order valence-corrected chi connectivity index (χ2v) is 9.84. The Morgan fingerprint density at radius 2 is 1.70 bits per heavy atom. The van der Waals surface area contributed by atoms with Crippen LogP contribution < -0.4 is 10.2 Å². The van der Waals surface area contributed by atoms with Crippen LogP contribution in [0.5, 0.6) is 0 Å². The van der Waals surface area contributed by atoms with Gasteiger partial charge in [-0.15, -0.1) is 0 Å². The van der Waals surface area contributed by atoms with Crippen molar-refractivity contribution >= 4 is 22.1 Å². The first-order valence-corrected chi connectivity index (χ1v) is 11.0. The van der Waals surface area contributed by atoms with E-state index in [0.717, 1.165) is 0 Å². The number of hydrogen-bond donors (Lipinski definition) is 1. The van der Waals surface area contributed by atoms with Crippen LogP contribution in [0.2, 0.25) is 0 Å². The topological polar surface area (TPSA) is 105 Å². The molecule has 9 nitrogen and oxygen atoms in total. The third-order valence-corrected chi connectivity index (χ3v) is 6.08. The van der Waals surface area contributed by atoms with E-state index < -0.39 is 33.5 Å². The lowest BCUT2D eigenvalue weighted by Gasteiger charge is -2.34. The molecule has 0 bridgehead atoms. The lowest BCUT2D eigenvalue weighted by atomic mass is 10.2. The lowest BCUT2D eigenvalue weighted by molar-refractivity contribution is -0.138. The molecule has 0 atom stereocenters. The average Bonchev–Trinajstić information content (AvgIpc) is 2.63. The zero-order chi connectivity index (χ0) is 22.6. The molecule has 0 radical (unpaired) electrons. The Labute approximate surface area is 173 Å². The summed E-state index contributed by atoms with van der Waals surface area (Å²) in [7, 11) is -3.52. The number of nitrogens with zero attached hydrogens (tertiary/aromatic N) is 4. The van der Waals surface area contributed by atoms with Crippen LogP contribution >= 0.6 is 0 Å². The summed E-state index contributed by atoms with van der Waals surface area (Å²) < 4.78 is 69.1. The molecule has 1 aromatic heterocycles. The van der Waals surface area contributed by atoms with Gasteiger partial charge in [0.15, 0.2) is 0 Å². The summed E-state index contributed by atoms with van der Waals surface area (Å²) in [6.45, 7) is 6.22. The molecule has 13 heteroatoms. The van der Waals surface area contributed by atoms with Crippen molar-refractivity contribution in [3.8, 4) is 0 Å². The number of hydrogen-bond acceptors (Lipinski definition) is 7. The summed E-state index contributed by atoms with van der Waals surface area (Å²) in [4.78, 5) is 20.7. The highest BCUT2D eigenvalue weighted by atomic mass is 32.2. The van der Waals surface area contributed by atoms with Crippen LogP contribution in [0.15, 0.2) is 12.4 Å². The molecule has 30 heavy (non-hydrogen) atoms. The van der Waals surface area contributed by atoms with Crippen molar-refractivity contribution < 1.29 is 31.1 Å². The Balaban J connectivity index is 1.79. The number of rotatable bonds is 6. The molecular weight excluding hydrogens is 427 g/mol. The number of alkyl halides is 3. The minimum absolute atomic E-state index is 0.126. The van der Waals surface area contributed by atoms with Crippen LogP contribution in [0.1, 0.15) is 32.8 Å². The van der Waals surface area contributed by atoms with Crippen molar-refractivity contribution in [3.05, 3.63) is 18.0 Å². The van der Waals surface area contributed by atoms with Gasteiger partial charge < -0.3 is 15.0 Å². The van der Waals surface area contributed by atoms with E-state index >= 15 is 0 Å². The van der Waals surface area contributed by atoms with Crippen molar-refractivity contribution in [2.75, 3.05) is 43.4 Å². The largest absolute Gasteiger partial charge is 0.444 e. The van der Waals surface area contributed by atoms with E-state index in [4.69, 9.17) is 4.74 Å². The lowest BCUT2D eigenvalue weighted by Crippen LogP contribution is -2.50. The van der Waals surface area contributed by atoms with E-state index in [-0.39, 0.29) is 50.8 Å². The van der Waals surface area contributed by atoms with E-state index in [1.807, 2.05) is 0 Å². The van der Waals surface area contributed by atoms with Gasteiger partial charge in [0, 0.05) is 45.1 Å². The zero-order valence-electron chi connectivity index (χ0n) is 17.1. The van der Waals surface area contributed by atoms with Gasteiger partial charge >= 0.3 is 12.3 Å². The van der Waals surface area contributed by atoms with Gasteiger partial charge in [0.25, 0.3) is 0 Å². The van der Waals surface area contributed by atoms with Crippen molar-refractivity contribution in [1.82, 2.24) is 19.6 Å². The highest BCUT2D eigenvalue weighted by Crippen LogP contribution is 2.28. The smallest absolute Gasteiger partial charge is 0.419 e. The van der Waals surface area contributed by atoms with Crippen LogP contribution in [0.3, 0.4) is 0 Å². The van der Waals surface area contributed by atoms with Gasteiger partial charge in [-0.05, 0) is 27.2 Å². The molecule has 1 amide bonds. The number of sulfonamides is 1. The number of carbonyl (C=O) groups excluding carboxylic acids is 1. The van der Waals surface area contributed by atoms with Crippen LogP contribution in [0.25, 0.3) is 0 Å². The molecule has 0 aromatic carbocycles. The van der Waals surface area contributed by atoms with Crippen molar-refractivity contribution in [1.29, 1.82) is 0 Å². The number of carbonyl (C=O) groups is 1. The Hall–Kier alpha value is -2.15. The standard InChI is InChI=1S/C17H26F3N5O4S/c1-16(2,3)29-15(26)21-5-4-10-30(27,28)25-8-6-24(7-9-25)14-22-11-13(12-23-14)17(18,19)20/h11-12H,4-10H2,1-3H3,(H,21,26). The summed E-state index contributed by atoms with van der Waals surface area (Å²) in [5.74, 6) is -0.0128. The first kappa shape index (κ1) is 24.1. The van der Waals surface area contributed by atoms with E-state index in [2.05, 4.69) is 15.3 Å². The Bertz CT molecular complexity index is 817. The van der Waals surface area contributed by atoms with Gasteiger partial charge in [0.1, 0.15) is 5.60 Å². The fourth-order valence-corrected chi connectivity index (χ4v) is 4.17. The second-order valence-electron chi connectivity index (χ2n) is 7.75. The highest BCUT2D eigenvalue weighted by molar-refractivity contribution is 7.89. The van der Waals surface area contributed by atoms with Gasteiger partial charge in [-0.2, -0.15) is 17.5 Å². The maximum absolute atomic E-state index is 12.6. The maximum Gasteiger partial charge on any atom is 0.419 e. The first-order valence-electron chi connectivity index (χ1n) is 9.37. The number of anilines is 1. The van der Waals surface area contributed by atoms with Gasteiger partial charge in [-0.3, -0.25) is 0 Å². The van der Waals surface area contributed by atoms with E-state index in [1.54, 1.807) is 25.7 Å². The normalized spacial score (nSPS) is 16.4. The summed E-state index contributed by atoms with van der Waals surface area (Å²) >= 11 is 0. The number of aromatic nitrogens is 2. The van der Waals surface area contributed by atoms with E-state index in [1.165, 1.54) is 4.31 Å². The molecule has 0 saturated carbocycles. The molecule has 1 aliphatic rings. The van der Waals surface area contributed by atoms with Gasteiger partial charge in [0.2, 0.25) is 16.0 Å². The van der Waals surface area contributed by atoms with Crippen molar-refractivity contribution in [2.24, 2.45) is 0 Å². The number of alkyl carbamates (subject to hydrolysis) is 1. The number of ether oxygens (including phenoxy) is 1. The summed E-state index contributed by atoms with van der Waals surface area (Å²) in [5.41, 5.74) is -1.57. The molecule has 2 heterocycles. The minimum atomic E-state index is -4.51. The van der Waals surface area contributed by atoms with Crippen molar-refractivity contribution in [3.63, 3.8) is 0 Å². The fraction of sp³-hybridized carbons (Fsp3) is 0.706. The van der Waals surface area contributed by atoms with Crippen LogP contribution in [0.4, 0.5) is 23.9 Å². The highest BCUT2D eigenvalue weighted by Gasteiger charge is 2.32. The molecule has 1 fully saturated rings. The second kappa shape index (κ2) is 9.33. The molecule has 1 N–H and O–H groups in total. The SMILES string of the molecule is CC(C)(C)OC(=O)NCCCS(=O)(=O)N1CCN(c2ncc(C(F)(F)F)cn2)CC1.